The first-order valence-electron chi connectivity index (χ1n) is 4.04. The summed E-state index contributed by atoms with van der Waals surface area (Å²) in [6, 6.07) is 0. The van der Waals surface area contributed by atoms with E-state index in [-0.39, 0.29) is 5.75 Å². The average Bonchev–Trinajstić information content (AvgIpc) is 2.00. The average molecular weight is 191 g/mol. The minimum Gasteiger partial charge on any atom is -0.212 e. The number of rotatable bonds is 5. The van der Waals surface area contributed by atoms with Crippen LogP contribution in [0, 0.1) is 5.92 Å². The Labute approximate surface area is 74.9 Å². The molecule has 0 amide bonds. The van der Waals surface area contributed by atoms with Gasteiger partial charge in [-0.05, 0) is 12.8 Å². The lowest BCUT2D eigenvalue weighted by Gasteiger charge is -2.09. The molecule has 0 rings (SSSR count). The van der Waals surface area contributed by atoms with Crippen molar-refractivity contribution in [3.8, 4) is 0 Å². The summed E-state index contributed by atoms with van der Waals surface area (Å²) in [5, 5.41) is 0. The van der Waals surface area contributed by atoms with Crippen molar-refractivity contribution in [1.82, 2.24) is 4.72 Å². The van der Waals surface area contributed by atoms with Crippen LogP contribution in [-0.4, -0.2) is 20.7 Å². The second kappa shape index (κ2) is 4.62. The first-order chi connectivity index (χ1) is 5.39. The van der Waals surface area contributed by atoms with Gasteiger partial charge in [-0.25, -0.2) is 13.1 Å². The summed E-state index contributed by atoms with van der Waals surface area (Å²) in [7, 11) is -3.06. The lowest BCUT2D eigenvalue weighted by atomic mass is 10.1. The topological polar surface area (TPSA) is 46.2 Å². The Bertz CT molecular complexity index is 242. The first-order valence-corrected chi connectivity index (χ1v) is 5.69. The van der Waals surface area contributed by atoms with Crippen LogP contribution in [0.5, 0.6) is 0 Å². The summed E-state index contributed by atoms with van der Waals surface area (Å²) in [5.74, 6) is 0.447. The molecule has 0 aliphatic rings. The van der Waals surface area contributed by atoms with Crippen molar-refractivity contribution in [2.75, 3.05) is 12.3 Å². The van der Waals surface area contributed by atoms with E-state index in [1.807, 2.05) is 13.8 Å². The molecular formula is C8H17NO2S. The quantitative estimate of drug-likeness (QED) is 0.662. The normalized spacial score (nSPS) is 12.0. The van der Waals surface area contributed by atoms with Gasteiger partial charge in [-0.15, -0.1) is 0 Å². The van der Waals surface area contributed by atoms with Crippen molar-refractivity contribution in [2.45, 2.75) is 20.8 Å². The molecule has 1 N–H and O–H groups in total. The van der Waals surface area contributed by atoms with Gasteiger partial charge in [-0.1, -0.05) is 26.0 Å². The fourth-order valence-corrected chi connectivity index (χ4v) is 1.12. The van der Waals surface area contributed by atoms with Crippen molar-refractivity contribution < 1.29 is 8.42 Å². The van der Waals surface area contributed by atoms with Crippen molar-refractivity contribution in [3.05, 3.63) is 12.2 Å². The van der Waals surface area contributed by atoms with Gasteiger partial charge in [-0.3, -0.25) is 0 Å². The highest BCUT2D eigenvalue weighted by Crippen LogP contribution is 2.04. The van der Waals surface area contributed by atoms with E-state index >= 15 is 0 Å². The fraction of sp³-hybridized carbons (Fsp3) is 0.750. The lowest BCUT2D eigenvalue weighted by molar-refractivity contribution is 0.583. The Balaban J connectivity index is 3.93. The minimum absolute atomic E-state index is 0.123. The number of sulfonamides is 1. The van der Waals surface area contributed by atoms with Crippen LogP contribution in [0.1, 0.15) is 20.8 Å². The monoisotopic (exact) mass is 191 g/mol. The summed E-state index contributed by atoms with van der Waals surface area (Å²) in [4.78, 5) is 0. The molecule has 0 fully saturated rings. The number of hydrogen-bond acceptors (Lipinski definition) is 2. The highest BCUT2D eigenvalue weighted by molar-refractivity contribution is 7.89. The summed E-state index contributed by atoms with van der Waals surface area (Å²) in [5.41, 5.74) is 0.909. The molecule has 0 saturated carbocycles. The molecule has 72 valence electrons. The van der Waals surface area contributed by atoms with Crippen LogP contribution in [-0.2, 0) is 10.0 Å². The molecule has 0 spiro atoms. The van der Waals surface area contributed by atoms with E-state index in [0.717, 1.165) is 5.57 Å². The highest BCUT2D eigenvalue weighted by atomic mass is 32.2. The molecule has 0 unspecified atom stereocenters. The Morgan fingerprint density at radius 1 is 1.50 bits per heavy atom. The zero-order valence-electron chi connectivity index (χ0n) is 7.92. The van der Waals surface area contributed by atoms with Crippen LogP contribution >= 0.6 is 0 Å². The highest BCUT2D eigenvalue weighted by Gasteiger charge is 2.07. The molecule has 0 bridgehead atoms. The summed E-state index contributed by atoms with van der Waals surface area (Å²) < 4.78 is 24.4. The van der Waals surface area contributed by atoms with Crippen LogP contribution < -0.4 is 4.72 Å². The van der Waals surface area contributed by atoms with Crippen LogP contribution in [0.4, 0.5) is 0 Å². The largest absolute Gasteiger partial charge is 0.212 e. The molecule has 12 heavy (non-hydrogen) atoms. The molecule has 0 atom stereocenters. The van der Waals surface area contributed by atoms with Gasteiger partial charge in [0.2, 0.25) is 10.0 Å². The fourth-order valence-electron chi connectivity index (χ4n) is 0.509. The van der Waals surface area contributed by atoms with Crippen LogP contribution in [0.15, 0.2) is 12.2 Å². The second-order valence-corrected chi connectivity index (χ2v) is 5.13. The second-order valence-electron chi connectivity index (χ2n) is 3.04. The molecule has 0 radical (unpaired) electrons. The van der Waals surface area contributed by atoms with Gasteiger partial charge in [0.1, 0.15) is 0 Å². The standard InChI is InChI=1S/C8H17NO2S/c1-5-12(10,11)9-6-8(4)7(2)3/h7,9H,4-6H2,1-3H3. The molecule has 0 saturated heterocycles. The summed E-state index contributed by atoms with van der Waals surface area (Å²) >= 11 is 0. The molecule has 0 aromatic carbocycles. The molecular weight excluding hydrogens is 174 g/mol. The smallest absolute Gasteiger partial charge is 0.211 e. The molecule has 3 nitrogen and oxygen atoms in total. The third kappa shape index (κ3) is 4.51. The zero-order valence-corrected chi connectivity index (χ0v) is 8.74. The SMILES string of the molecule is C=C(CNS(=O)(=O)CC)C(C)C. The van der Waals surface area contributed by atoms with Gasteiger partial charge in [-0.2, -0.15) is 0 Å². The van der Waals surface area contributed by atoms with Crippen molar-refractivity contribution in [3.63, 3.8) is 0 Å². The molecule has 0 aliphatic carbocycles. The molecule has 0 heterocycles. The van der Waals surface area contributed by atoms with Crippen LogP contribution in [0.25, 0.3) is 0 Å². The van der Waals surface area contributed by atoms with Gasteiger partial charge >= 0.3 is 0 Å². The minimum atomic E-state index is -3.06. The maximum absolute atomic E-state index is 11.0. The molecule has 0 aliphatic heterocycles. The van der Waals surface area contributed by atoms with E-state index < -0.39 is 10.0 Å². The lowest BCUT2D eigenvalue weighted by Crippen LogP contribution is -2.28. The van der Waals surface area contributed by atoms with Gasteiger partial charge in [0.15, 0.2) is 0 Å². The van der Waals surface area contributed by atoms with E-state index in [2.05, 4.69) is 11.3 Å². The first kappa shape index (κ1) is 11.6. The van der Waals surface area contributed by atoms with Gasteiger partial charge < -0.3 is 0 Å². The van der Waals surface area contributed by atoms with E-state index in [0.29, 0.717) is 12.5 Å². The Hall–Kier alpha value is -0.350. The van der Waals surface area contributed by atoms with Gasteiger partial charge in [0.25, 0.3) is 0 Å². The molecule has 0 aromatic heterocycles. The summed E-state index contributed by atoms with van der Waals surface area (Å²) in [6.07, 6.45) is 0. The van der Waals surface area contributed by atoms with Gasteiger partial charge in [0, 0.05) is 6.54 Å². The maximum Gasteiger partial charge on any atom is 0.211 e. The number of nitrogens with one attached hydrogen (secondary N) is 1. The maximum atomic E-state index is 11.0. The van der Waals surface area contributed by atoms with Crippen LogP contribution in [0.3, 0.4) is 0 Å². The number of hydrogen-bond donors (Lipinski definition) is 1. The Morgan fingerprint density at radius 3 is 2.33 bits per heavy atom. The van der Waals surface area contributed by atoms with E-state index in [9.17, 15) is 8.42 Å². The Kier molecular flexibility index (Phi) is 4.49. The summed E-state index contributed by atoms with van der Waals surface area (Å²) in [6.45, 7) is 9.71. The van der Waals surface area contributed by atoms with Gasteiger partial charge in [0.05, 0.1) is 5.75 Å². The molecule has 0 aromatic rings. The van der Waals surface area contributed by atoms with Crippen molar-refractivity contribution in [1.29, 1.82) is 0 Å². The molecule has 4 heteroatoms. The third-order valence-electron chi connectivity index (χ3n) is 1.72. The van der Waals surface area contributed by atoms with E-state index in [4.69, 9.17) is 0 Å². The Morgan fingerprint density at radius 2 is 2.00 bits per heavy atom. The third-order valence-corrected chi connectivity index (χ3v) is 3.06. The zero-order chi connectivity index (χ0) is 9.78. The van der Waals surface area contributed by atoms with Crippen molar-refractivity contribution in [2.24, 2.45) is 5.92 Å². The predicted molar refractivity (Wildman–Crippen MR) is 51.4 cm³/mol. The predicted octanol–water partition coefficient (Wildman–Crippen LogP) is 1.14. The van der Waals surface area contributed by atoms with Crippen molar-refractivity contribution >= 4 is 10.0 Å². The van der Waals surface area contributed by atoms with E-state index in [1.165, 1.54) is 0 Å². The van der Waals surface area contributed by atoms with Crippen LogP contribution in [0.2, 0.25) is 0 Å². The van der Waals surface area contributed by atoms with E-state index in [1.54, 1.807) is 6.92 Å².